The summed E-state index contributed by atoms with van der Waals surface area (Å²) in [6.45, 7) is 6.80. The van der Waals surface area contributed by atoms with Gasteiger partial charge in [-0.15, -0.1) is 0 Å². The smallest absolute Gasteiger partial charge is 0.164 e. The normalized spacial score (nSPS) is 11.2. The third-order valence-electron chi connectivity index (χ3n) is 11.9. The Balaban J connectivity index is 1.13. The molecule has 60 heavy (non-hydrogen) atoms. The van der Waals surface area contributed by atoms with Gasteiger partial charge in [-0.05, 0) is 88.6 Å². The lowest BCUT2D eigenvalue weighted by Gasteiger charge is -2.11. The highest BCUT2D eigenvalue weighted by Crippen LogP contribution is 2.31. The Morgan fingerprint density at radius 1 is 0.233 bits per heavy atom. The topological polar surface area (TPSA) is 38.7 Å². The number of hydrogen-bond acceptors (Lipinski definition) is 3. The number of rotatable bonds is 21. The second kappa shape index (κ2) is 22.1. The van der Waals surface area contributed by atoms with Crippen LogP contribution in [0.25, 0.3) is 67.5 Å². The first-order chi connectivity index (χ1) is 29.6. The number of unbranched alkanes of at least 4 members (excludes halogenated alkanes) is 9. The Hall–Kier alpha value is -5.67. The van der Waals surface area contributed by atoms with Gasteiger partial charge in [0.25, 0.3) is 0 Å². The fourth-order valence-electron chi connectivity index (χ4n) is 8.06. The van der Waals surface area contributed by atoms with Crippen molar-refractivity contribution in [2.24, 2.45) is 0 Å². The minimum Gasteiger partial charge on any atom is -0.208 e. The van der Waals surface area contributed by atoms with Gasteiger partial charge < -0.3 is 0 Å². The Kier molecular flexibility index (Phi) is 15.6. The number of aryl methyl sites for hydroxylation is 3. The summed E-state index contributed by atoms with van der Waals surface area (Å²) in [5, 5.41) is 0. The molecule has 0 bridgehead atoms. The van der Waals surface area contributed by atoms with Crippen molar-refractivity contribution >= 4 is 0 Å². The summed E-state index contributed by atoms with van der Waals surface area (Å²) in [7, 11) is 0. The van der Waals surface area contributed by atoms with E-state index in [0.717, 1.165) is 36.0 Å². The molecule has 0 saturated heterocycles. The molecule has 0 aliphatic heterocycles. The third kappa shape index (κ3) is 11.7. The molecule has 7 rings (SSSR count). The van der Waals surface area contributed by atoms with Gasteiger partial charge in [0.15, 0.2) is 17.5 Å². The molecule has 0 aliphatic rings. The van der Waals surface area contributed by atoms with E-state index in [1.165, 1.54) is 127 Å². The summed E-state index contributed by atoms with van der Waals surface area (Å²) in [5.41, 5.74) is 14.4. The highest BCUT2D eigenvalue weighted by Gasteiger charge is 2.14. The molecule has 1 heterocycles. The molecule has 0 spiro atoms. The van der Waals surface area contributed by atoms with E-state index >= 15 is 0 Å². The second-order valence-electron chi connectivity index (χ2n) is 16.6. The van der Waals surface area contributed by atoms with Crippen molar-refractivity contribution in [3.63, 3.8) is 0 Å². The third-order valence-corrected chi connectivity index (χ3v) is 11.9. The van der Waals surface area contributed by atoms with E-state index in [-0.39, 0.29) is 0 Å². The molecule has 0 unspecified atom stereocenters. The first kappa shape index (κ1) is 42.5. The fourth-order valence-corrected chi connectivity index (χ4v) is 8.06. The maximum absolute atomic E-state index is 5.09. The van der Waals surface area contributed by atoms with Crippen LogP contribution in [0.3, 0.4) is 0 Å². The largest absolute Gasteiger partial charge is 0.208 e. The highest BCUT2D eigenvalue weighted by atomic mass is 15.0. The quantitative estimate of drug-likeness (QED) is 0.0681. The van der Waals surface area contributed by atoms with Gasteiger partial charge in [0.05, 0.1) is 0 Å². The van der Waals surface area contributed by atoms with Crippen LogP contribution in [0.15, 0.2) is 146 Å². The van der Waals surface area contributed by atoms with Crippen LogP contribution in [0, 0.1) is 0 Å². The van der Waals surface area contributed by atoms with Gasteiger partial charge >= 0.3 is 0 Å². The van der Waals surface area contributed by atoms with Crippen LogP contribution < -0.4 is 0 Å². The van der Waals surface area contributed by atoms with Gasteiger partial charge in [-0.1, -0.05) is 224 Å². The first-order valence-corrected chi connectivity index (χ1v) is 23.0. The number of aromatic nitrogens is 3. The van der Waals surface area contributed by atoms with Crippen molar-refractivity contribution < 1.29 is 0 Å². The molecular formula is C57H63N3. The van der Waals surface area contributed by atoms with E-state index in [0.29, 0.717) is 17.5 Å². The standard InChI is InChI=1S/C57H63N3/c1-4-7-10-13-16-43-19-25-46(26-20-43)49-31-37-52(38-32-49)55-58-56(53-39-33-50(34-40-53)47-27-21-44(22-28-47)17-14-11-8-5-2)60-57(59-55)54-41-35-51(36-42-54)48-29-23-45(24-30-48)18-15-12-9-6-3/h19-42H,4-18H2,1-3H3. The van der Waals surface area contributed by atoms with Crippen molar-refractivity contribution in [1.29, 1.82) is 0 Å². The molecule has 1 aromatic heterocycles. The number of nitrogens with zero attached hydrogens (tertiary/aromatic N) is 3. The zero-order chi connectivity index (χ0) is 41.4. The Morgan fingerprint density at radius 3 is 0.650 bits per heavy atom. The summed E-state index contributed by atoms with van der Waals surface area (Å²) in [6, 6.07) is 53.2. The minimum absolute atomic E-state index is 0.668. The molecule has 306 valence electrons. The van der Waals surface area contributed by atoms with Crippen LogP contribution in [0.1, 0.15) is 115 Å². The van der Waals surface area contributed by atoms with E-state index in [9.17, 15) is 0 Å². The van der Waals surface area contributed by atoms with Crippen molar-refractivity contribution in [3.8, 4) is 67.5 Å². The monoisotopic (exact) mass is 790 g/mol. The highest BCUT2D eigenvalue weighted by molar-refractivity contribution is 5.73. The zero-order valence-electron chi connectivity index (χ0n) is 36.3. The summed E-state index contributed by atoms with van der Waals surface area (Å²) in [4.78, 5) is 15.3. The molecular weight excluding hydrogens is 727 g/mol. The van der Waals surface area contributed by atoms with Crippen LogP contribution in [-0.2, 0) is 19.3 Å². The van der Waals surface area contributed by atoms with Crippen LogP contribution in [-0.4, -0.2) is 15.0 Å². The lowest BCUT2D eigenvalue weighted by Crippen LogP contribution is -2.00. The van der Waals surface area contributed by atoms with E-state index < -0.39 is 0 Å². The van der Waals surface area contributed by atoms with Crippen LogP contribution in [0.5, 0.6) is 0 Å². The SMILES string of the molecule is CCCCCCc1ccc(-c2ccc(-c3nc(-c4ccc(-c5ccc(CCCCCC)cc5)cc4)nc(-c4ccc(-c5ccc(CCCCCC)cc5)cc4)n3)cc2)cc1. The Bertz CT molecular complexity index is 2040. The predicted molar refractivity (Wildman–Crippen MR) is 256 cm³/mol. The van der Waals surface area contributed by atoms with Gasteiger partial charge in [-0.25, -0.2) is 15.0 Å². The maximum atomic E-state index is 5.09. The first-order valence-electron chi connectivity index (χ1n) is 23.0. The second-order valence-corrected chi connectivity index (χ2v) is 16.6. The lowest BCUT2D eigenvalue weighted by molar-refractivity contribution is 0.667. The summed E-state index contributed by atoms with van der Waals surface area (Å²) < 4.78 is 0. The average Bonchev–Trinajstić information content (AvgIpc) is 3.31. The summed E-state index contributed by atoms with van der Waals surface area (Å²) in [5.74, 6) is 2.00. The van der Waals surface area contributed by atoms with E-state index in [1.54, 1.807) is 0 Å². The van der Waals surface area contributed by atoms with Gasteiger partial charge in [0.2, 0.25) is 0 Å². The summed E-state index contributed by atoms with van der Waals surface area (Å²) in [6.07, 6.45) is 18.9. The van der Waals surface area contributed by atoms with E-state index in [1.807, 2.05) is 0 Å². The van der Waals surface area contributed by atoms with Gasteiger partial charge in [-0.3, -0.25) is 0 Å². The average molecular weight is 790 g/mol. The molecule has 0 N–H and O–H groups in total. The van der Waals surface area contributed by atoms with Gasteiger partial charge in [0, 0.05) is 16.7 Å². The van der Waals surface area contributed by atoms with Crippen molar-refractivity contribution in [1.82, 2.24) is 15.0 Å². The number of hydrogen-bond donors (Lipinski definition) is 0. The number of benzene rings is 6. The predicted octanol–water partition coefficient (Wildman–Crippen LogP) is 16.2. The molecule has 0 saturated carbocycles. The van der Waals surface area contributed by atoms with E-state index in [4.69, 9.17) is 15.0 Å². The zero-order valence-corrected chi connectivity index (χ0v) is 36.3. The van der Waals surface area contributed by atoms with Crippen LogP contribution >= 0.6 is 0 Å². The minimum atomic E-state index is 0.668. The molecule has 3 heteroatoms. The van der Waals surface area contributed by atoms with Crippen molar-refractivity contribution in [3.05, 3.63) is 162 Å². The Labute approximate surface area is 360 Å². The van der Waals surface area contributed by atoms with Crippen LogP contribution in [0.4, 0.5) is 0 Å². The molecule has 0 fully saturated rings. The molecule has 6 aromatic carbocycles. The molecule has 0 radical (unpaired) electrons. The molecule has 7 aromatic rings. The van der Waals surface area contributed by atoms with Crippen molar-refractivity contribution in [2.75, 3.05) is 0 Å². The Morgan fingerprint density at radius 2 is 0.433 bits per heavy atom. The van der Waals surface area contributed by atoms with Crippen LogP contribution in [0.2, 0.25) is 0 Å². The fraction of sp³-hybridized carbons (Fsp3) is 0.316. The van der Waals surface area contributed by atoms with Crippen molar-refractivity contribution in [2.45, 2.75) is 117 Å². The summed E-state index contributed by atoms with van der Waals surface area (Å²) >= 11 is 0. The molecule has 0 amide bonds. The maximum Gasteiger partial charge on any atom is 0.164 e. The molecule has 3 nitrogen and oxygen atoms in total. The van der Waals surface area contributed by atoms with Gasteiger partial charge in [-0.2, -0.15) is 0 Å². The molecule has 0 aliphatic carbocycles. The van der Waals surface area contributed by atoms with Gasteiger partial charge in [0.1, 0.15) is 0 Å². The molecule has 0 atom stereocenters. The lowest BCUT2D eigenvalue weighted by atomic mass is 9.99. The van der Waals surface area contributed by atoms with E-state index in [2.05, 4.69) is 166 Å².